The van der Waals surface area contributed by atoms with E-state index in [0.29, 0.717) is 0 Å². The summed E-state index contributed by atoms with van der Waals surface area (Å²) in [6.07, 6.45) is 6.32. The molecule has 0 aromatic carbocycles. The summed E-state index contributed by atoms with van der Waals surface area (Å²) < 4.78 is 0. The van der Waals surface area contributed by atoms with Crippen LogP contribution in [0.5, 0.6) is 0 Å². The van der Waals surface area contributed by atoms with Crippen LogP contribution in [0.15, 0.2) is 0 Å². The highest BCUT2D eigenvalue weighted by Gasteiger charge is 1.94. The molecule has 0 spiro atoms. The zero-order valence-electron chi connectivity index (χ0n) is 6.52. The molecule has 0 atom stereocenters. The first-order valence-corrected chi connectivity index (χ1v) is 3.34. The quantitative estimate of drug-likeness (QED) is 0.408. The molecular formula is C8H15N. The fourth-order valence-corrected chi connectivity index (χ4v) is 0.516. The standard InChI is InChI=1S/C8H15N/c1-5-9(4)7-6-8(2)3/h1,8H,6-7H2,2-4H3. The SMILES string of the molecule is C#CN(C)CCC(C)C. The Morgan fingerprint density at radius 2 is 2.11 bits per heavy atom. The lowest BCUT2D eigenvalue weighted by molar-refractivity contribution is 0.423. The molecule has 0 aromatic rings. The van der Waals surface area contributed by atoms with Gasteiger partial charge in [0.1, 0.15) is 0 Å². The fourth-order valence-electron chi connectivity index (χ4n) is 0.516. The van der Waals surface area contributed by atoms with Crippen molar-refractivity contribution in [1.82, 2.24) is 4.90 Å². The van der Waals surface area contributed by atoms with Crippen molar-refractivity contribution in [1.29, 1.82) is 0 Å². The highest BCUT2D eigenvalue weighted by Crippen LogP contribution is 1.98. The normalized spacial score (nSPS) is 9.22. The van der Waals surface area contributed by atoms with Crippen molar-refractivity contribution in [3.63, 3.8) is 0 Å². The number of hydrogen-bond acceptors (Lipinski definition) is 1. The van der Waals surface area contributed by atoms with Crippen molar-refractivity contribution in [2.45, 2.75) is 20.3 Å². The molecule has 0 aromatic heterocycles. The third kappa shape index (κ3) is 5.23. The summed E-state index contributed by atoms with van der Waals surface area (Å²) in [6.45, 7) is 5.41. The van der Waals surface area contributed by atoms with E-state index in [9.17, 15) is 0 Å². The Labute approximate surface area is 58.1 Å². The molecule has 0 unspecified atom stereocenters. The summed E-state index contributed by atoms with van der Waals surface area (Å²) in [5.74, 6) is 0.751. The Morgan fingerprint density at radius 1 is 1.56 bits per heavy atom. The monoisotopic (exact) mass is 125 g/mol. The Kier molecular flexibility index (Phi) is 3.96. The summed E-state index contributed by atoms with van der Waals surface area (Å²) in [6, 6.07) is 2.55. The van der Waals surface area contributed by atoms with E-state index >= 15 is 0 Å². The Morgan fingerprint density at radius 3 is 2.44 bits per heavy atom. The van der Waals surface area contributed by atoms with Gasteiger partial charge < -0.3 is 4.90 Å². The zero-order chi connectivity index (χ0) is 7.28. The topological polar surface area (TPSA) is 3.24 Å². The van der Waals surface area contributed by atoms with E-state index in [-0.39, 0.29) is 0 Å². The Balaban J connectivity index is 3.19. The van der Waals surface area contributed by atoms with Crippen molar-refractivity contribution in [2.24, 2.45) is 5.92 Å². The minimum absolute atomic E-state index is 0.751. The lowest BCUT2D eigenvalue weighted by atomic mass is 10.1. The fraction of sp³-hybridized carbons (Fsp3) is 0.750. The average molecular weight is 125 g/mol. The van der Waals surface area contributed by atoms with Crippen molar-refractivity contribution >= 4 is 0 Å². The number of nitrogens with zero attached hydrogens (tertiary/aromatic N) is 1. The lowest BCUT2D eigenvalue weighted by Crippen LogP contribution is -2.13. The van der Waals surface area contributed by atoms with Gasteiger partial charge >= 0.3 is 0 Å². The van der Waals surface area contributed by atoms with Crippen LogP contribution in [0.2, 0.25) is 0 Å². The minimum atomic E-state index is 0.751. The largest absolute Gasteiger partial charge is 0.336 e. The van der Waals surface area contributed by atoms with Crippen LogP contribution in [0.1, 0.15) is 20.3 Å². The molecule has 0 rings (SSSR count). The predicted molar refractivity (Wildman–Crippen MR) is 40.9 cm³/mol. The maximum Gasteiger partial charge on any atom is 0.0259 e. The van der Waals surface area contributed by atoms with Gasteiger partial charge in [0, 0.05) is 19.6 Å². The van der Waals surface area contributed by atoms with Crippen LogP contribution in [0.3, 0.4) is 0 Å². The molecule has 52 valence electrons. The molecule has 0 fully saturated rings. The maximum absolute atomic E-state index is 5.13. The second kappa shape index (κ2) is 4.26. The van der Waals surface area contributed by atoms with Crippen LogP contribution in [-0.2, 0) is 0 Å². The van der Waals surface area contributed by atoms with Crippen molar-refractivity contribution < 1.29 is 0 Å². The molecule has 0 radical (unpaired) electrons. The van der Waals surface area contributed by atoms with Crippen LogP contribution in [0.4, 0.5) is 0 Å². The first-order chi connectivity index (χ1) is 4.16. The van der Waals surface area contributed by atoms with Gasteiger partial charge in [-0.1, -0.05) is 20.3 Å². The van der Waals surface area contributed by atoms with E-state index in [1.54, 1.807) is 0 Å². The second-order valence-electron chi connectivity index (χ2n) is 2.73. The van der Waals surface area contributed by atoms with E-state index in [2.05, 4.69) is 19.9 Å². The highest BCUT2D eigenvalue weighted by atomic mass is 15.1. The first kappa shape index (κ1) is 8.36. The van der Waals surface area contributed by atoms with Crippen LogP contribution in [-0.4, -0.2) is 18.5 Å². The molecule has 0 bridgehead atoms. The first-order valence-electron chi connectivity index (χ1n) is 3.34. The highest BCUT2D eigenvalue weighted by molar-refractivity contribution is 4.81. The van der Waals surface area contributed by atoms with Crippen LogP contribution >= 0.6 is 0 Å². The van der Waals surface area contributed by atoms with E-state index in [1.807, 2.05) is 11.9 Å². The second-order valence-corrected chi connectivity index (χ2v) is 2.73. The molecule has 0 N–H and O–H groups in total. The summed E-state index contributed by atoms with van der Waals surface area (Å²) in [7, 11) is 1.93. The van der Waals surface area contributed by atoms with Gasteiger partial charge in [0.25, 0.3) is 0 Å². The predicted octanol–water partition coefficient (Wildman–Crippen LogP) is 1.56. The van der Waals surface area contributed by atoms with Gasteiger partial charge in [0.2, 0.25) is 0 Å². The molecule has 0 amide bonds. The smallest absolute Gasteiger partial charge is 0.0259 e. The molecule has 9 heavy (non-hydrogen) atoms. The summed E-state index contributed by atoms with van der Waals surface area (Å²) in [5, 5.41) is 0. The van der Waals surface area contributed by atoms with E-state index < -0.39 is 0 Å². The zero-order valence-corrected chi connectivity index (χ0v) is 6.52. The van der Waals surface area contributed by atoms with Gasteiger partial charge in [-0.2, -0.15) is 0 Å². The van der Waals surface area contributed by atoms with Crippen molar-refractivity contribution in [2.75, 3.05) is 13.6 Å². The Hall–Kier alpha value is -0.640. The van der Waals surface area contributed by atoms with E-state index in [1.165, 1.54) is 6.42 Å². The lowest BCUT2D eigenvalue weighted by Gasteiger charge is -2.11. The van der Waals surface area contributed by atoms with E-state index in [4.69, 9.17) is 6.42 Å². The van der Waals surface area contributed by atoms with Crippen molar-refractivity contribution in [3.05, 3.63) is 0 Å². The maximum atomic E-state index is 5.13. The third-order valence-electron chi connectivity index (χ3n) is 1.26. The van der Waals surface area contributed by atoms with E-state index in [0.717, 1.165) is 12.5 Å². The molecule has 0 heterocycles. The van der Waals surface area contributed by atoms with Gasteiger partial charge in [-0.25, -0.2) is 0 Å². The minimum Gasteiger partial charge on any atom is -0.336 e. The van der Waals surface area contributed by atoms with Gasteiger partial charge in [-0.05, 0) is 12.3 Å². The summed E-state index contributed by atoms with van der Waals surface area (Å²) >= 11 is 0. The van der Waals surface area contributed by atoms with Gasteiger partial charge in [0.15, 0.2) is 0 Å². The summed E-state index contributed by atoms with van der Waals surface area (Å²) in [5.41, 5.74) is 0. The molecule has 0 saturated carbocycles. The summed E-state index contributed by atoms with van der Waals surface area (Å²) in [4.78, 5) is 1.88. The average Bonchev–Trinajstić information content (AvgIpc) is 1.83. The van der Waals surface area contributed by atoms with Crippen LogP contribution in [0.25, 0.3) is 0 Å². The van der Waals surface area contributed by atoms with Crippen LogP contribution in [0, 0.1) is 18.4 Å². The molecule has 0 aliphatic heterocycles. The third-order valence-corrected chi connectivity index (χ3v) is 1.26. The van der Waals surface area contributed by atoms with Gasteiger partial charge in [0.05, 0.1) is 0 Å². The Bertz CT molecular complexity index is 99.6. The van der Waals surface area contributed by atoms with Crippen LogP contribution < -0.4 is 0 Å². The molecule has 1 nitrogen and oxygen atoms in total. The molecular weight excluding hydrogens is 110 g/mol. The number of terminal acetylenes is 1. The van der Waals surface area contributed by atoms with Crippen molar-refractivity contribution in [3.8, 4) is 12.5 Å². The molecule has 0 saturated heterocycles. The molecule has 0 aliphatic rings. The number of hydrogen-bond donors (Lipinski definition) is 0. The van der Waals surface area contributed by atoms with Gasteiger partial charge in [-0.3, -0.25) is 0 Å². The van der Waals surface area contributed by atoms with Gasteiger partial charge in [-0.15, -0.1) is 0 Å². The molecule has 1 heteroatoms. The molecule has 0 aliphatic carbocycles. The number of rotatable bonds is 3.